The van der Waals surface area contributed by atoms with E-state index < -0.39 is 18.0 Å². The zero-order valence-corrected chi connectivity index (χ0v) is 10.8. The molecular formula is C12H22N2O4. The van der Waals surface area contributed by atoms with E-state index in [0.29, 0.717) is 32.1 Å². The van der Waals surface area contributed by atoms with Crippen LogP contribution in [0.15, 0.2) is 0 Å². The summed E-state index contributed by atoms with van der Waals surface area (Å²) in [6.45, 7) is 3.66. The predicted molar refractivity (Wildman–Crippen MR) is 66.4 cm³/mol. The largest absolute Gasteiger partial charge is 0.480 e. The Hall–Kier alpha value is -1.30. The van der Waals surface area contributed by atoms with Crippen LogP contribution in [-0.2, 0) is 9.53 Å². The molecule has 1 aliphatic carbocycles. The Kier molecular flexibility index (Phi) is 6.49. The molecule has 0 bridgehead atoms. The lowest BCUT2D eigenvalue weighted by Crippen LogP contribution is -2.46. The summed E-state index contributed by atoms with van der Waals surface area (Å²) in [7, 11) is 0. The molecule has 2 amide bonds. The molecule has 0 radical (unpaired) electrons. The van der Waals surface area contributed by atoms with Gasteiger partial charge in [0.2, 0.25) is 0 Å². The molecule has 0 heterocycles. The quantitative estimate of drug-likeness (QED) is 0.538. The number of hydrogen-bond donors (Lipinski definition) is 3. The highest BCUT2D eigenvalue weighted by Crippen LogP contribution is 2.33. The van der Waals surface area contributed by atoms with Crippen LogP contribution >= 0.6 is 0 Å². The Morgan fingerprint density at radius 2 is 2.17 bits per heavy atom. The van der Waals surface area contributed by atoms with Gasteiger partial charge in [-0.25, -0.2) is 9.59 Å². The number of aliphatic carboxylic acids is 1. The Morgan fingerprint density at radius 1 is 1.44 bits per heavy atom. The maximum atomic E-state index is 11.5. The van der Waals surface area contributed by atoms with Gasteiger partial charge in [0.15, 0.2) is 0 Å². The van der Waals surface area contributed by atoms with E-state index >= 15 is 0 Å². The highest BCUT2D eigenvalue weighted by molar-refractivity contribution is 5.82. The van der Waals surface area contributed by atoms with E-state index in [1.165, 1.54) is 0 Å². The zero-order valence-electron chi connectivity index (χ0n) is 10.8. The van der Waals surface area contributed by atoms with E-state index in [1.54, 1.807) is 0 Å². The summed E-state index contributed by atoms with van der Waals surface area (Å²) in [5, 5.41) is 14.1. The first-order valence-electron chi connectivity index (χ1n) is 6.48. The third-order valence-corrected chi connectivity index (χ3v) is 2.82. The van der Waals surface area contributed by atoms with Crippen LogP contribution in [0.4, 0.5) is 4.79 Å². The molecule has 1 fully saturated rings. The minimum atomic E-state index is -0.966. The highest BCUT2D eigenvalue weighted by atomic mass is 16.5. The van der Waals surface area contributed by atoms with Gasteiger partial charge >= 0.3 is 12.0 Å². The van der Waals surface area contributed by atoms with Crippen LogP contribution < -0.4 is 10.6 Å². The van der Waals surface area contributed by atoms with Gasteiger partial charge in [0.1, 0.15) is 6.04 Å². The Bertz CT molecular complexity index is 279. The van der Waals surface area contributed by atoms with Gasteiger partial charge in [0, 0.05) is 19.8 Å². The number of nitrogens with one attached hydrogen (secondary N) is 2. The zero-order chi connectivity index (χ0) is 13.4. The number of carbonyl (C=O) groups excluding carboxylic acids is 1. The number of amides is 2. The van der Waals surface area contributed by atoms with Crippen molar-refractivity contribution < 1.29 is 19.4 Å². The fourth-order valence-electron chi connectivity index (χ4n) is 1.64. The van der Waals surface area contributed by atoms with Crippen molar-refractivity contribution in [1.29, 1.82) is 0 Å². The van der Waals surface area contributed by atoms with Crippen molar-refractivity contribution in [3.63, 3.8) is 0 Å². The number of carboxylic acids is 1. The van der Waals surface area contributed by atoms with Crippen molar-refractivity contribution in [3.05, 3.63) is 0 Å². The SMILES string of the molecule is CCOCCCNC(=O)N[C@@H](CC1CC1)C(=O)O. The van der Waals surface area contributed by atoms with Crippen molar-refractivity contribution in [2.75, 3.05) is 19.8 Å². The molecule has 6 nitrogen and oxygen atoms in total. The second kappa shape index (κ2) is 7.92. The summed E-state index contributed by atoms with van der Waals surface area (Å²) < 4.78 is 5.13. The molecule has 0 unspecified atom stereocenters. The fourth-order valence-corrected chi connectivity index (χ4v) is 1.64. The smallest absolute Gasteiger partial charge is 0.326 e. The van der Waals surface area contributed by atoms with E-state index in [4.69, 9.17) is 9.84 Å². The van der Waals surface area contributed by atoms with E-state index in [0.717, 1.165) is 19.3 Å². The Labute approximate surface area is 107 Å². The van der Waals surface area contributed by atoms with Gasteiger partial charge in [-0.15, -0.1) is 0 Å². The summed E-state index contributed by atoms with van der Waals surface area (Å²) in [4.78, 5) is 22.4. The summed E-state index contributed by atoms with van der Waals surface area (Å²) in [6, 6.07) is -1.19. The van der Waals surface area contributed by atoms with Crippen LogP contribution in [0.3, 0.4) is 0 Å². The highest BCUT2D eigenvalue weighted by Gasteiger charge is 2.30. The van der Waals surface area contributed by atoms with Crippen LogP contribution in [0.5, 0.6) is 0 Å². The normalized spacial score (nSPS) is 16.1. The van der Waals surface area contributed by atoms with Crippen molar-refractivity contribution in [1.82, 2.24) is 10.6 Å². The van der Waals surface area contributed by atoms with E-state index in [9.17, 15) is 9.59 Å². The summed E-state index contributed by atoms with van der Waals surface area (Å²) in [5.41, 5.74) is 0. The van der Waals surface area contributed by atoms with Gasteiger partial charge in [-0.1, -0.05) is 12.8 Å². The number of rotatable bonds is 9. The third kappa shape index (κ3) is 6.44. The maximum Gasteiger partial charge on any atom is 0.326 e. The third-order valence-electron chi connectivity index (χ3n) is 2.82. The molecule has 0 spiro atoms. The molecule has 1 atom stereocenters. The van der Waals surface area contributed by atoms with Gasteiger partial charge in [0.25, 0.3) is 0 Å². The van der Waals surface area contributed by atoms with Gasteiger partial charge in [-0.3, -0.25) is 0 Å². The summed E-state index contributed by atoms with van der Waals surface area (Å²) in [5.74, 6) is -0.504. The number of hydrogen-bond acceptors (Lipinski definition) is 3. The number of carbonyl (C=O) groups is 2. The first kappa shape index (κ1) is 14.8. The van der Waals surface area contributed by atoms with Gasteiger partial charge in [0.05, 0.1) is 0 Å². The summed E-state index contributed by atoms with van der Waals surface area (Å²) in [6.07, 6.45) is 3.40. The van der Waals surface area contributed by atoms with E-state index in [2.05, 4.69) is 10.6 Å². The molecule has 3 N–H and O–H groups in total. The molecule has 0 aromatic heterocycles. The van der Waals surface area contributed by atoms with E-state index in [1.807, 2.05) is 6.92 Å². The average Bonchev–Trinajstić information content (AvgIpc) is 3.11. The van der Waals surface area contributed by atoms with Gasteiger partial charge in [-0.2, -0.15) is 0 Å². The topological polar surface area (TPSA) is 87.7 Å². The average molecular weight is 258 g/mol. The lowest BCUT2D eigenvalue weighted by molar-refractivity contribution is -0.139. The van der Waals surface area contributed by atoms with Crippen LogP contribution in [0.1, 0.15) is 32.6 Å². The molecule has 1 saturated carbocycles. The molecule has 0 aromatic rings. The van der Waals surface area contributed by atoms with Crippen molar-refractivity contribution in [2.45, 2.75) is 38.6 Å². The Morgan fingerprint density at radius 3 is 2.72 bits per heavy atom. The molecule has 6 heteroatoms. The molecule has 0 aliphatic heterocycles. The predicted octanol–water partition coefficient (Wildman–Crippen LogP) is 0.965. The number of ether oxygens (including phenoxy) is 1. The number of carboxylic acid groups (broad SMARTS) is 1. The van der Waals surface area contributed by atoms with Gasteiger partial charge < -0.3 is 20.5 Å². The number of urea groups is 1. The van der Waals surface area contributed by atoms with Gasteiger partial charge in [-0.05, 0) is 25.7 Å². The van der Waals surface area contributed by atoms with Crippen LogP contribution in [0.25, 0.3) is 0 Å². The minimum Gasteiger partial charge on any atom is -0.480 e. The Balaban J connectivity index is 2.13. The first-order valence-corrected chi connectivity index (χ1v) is 6.48. The standard InChI is InChI=1S/C12H22N2O4/c1-2-18-7-3-6-13-12(17)14-10(11(15)16)8-9-4-5-9/h9-10H,2-8H2,1H3,(H,15,16)(H2,13,14,17)/t10-/m0/s1. The monoisotopic (exact) mass is 258 g/mol. The van der Waals surface area contributed by atoms with Crippen LogP contribution in [0, 0.1) is 5.92 Å². The second-order valence-electron chi connectivity index (χ2n) is 4.52. The fraction of sp³-hybridized carbons (Fsp3) is 0.833. The van der Waals surface area contributed by atoms with Crippen molar-refractivity contribution in [2.24, 2.45) is 5.92 Å². The molecular weight excluding hydrogens is 236 g/mol. The second-order valence-corrected chi connectivity index (χ2v) is 4.52. The molecule has 0 saturated heterocycles. The summed E-state index contributed by atoms with van der Waals surface area (Å²) >= 11 is 0. The lowest BCUT2D eigenvalue weighted by Gasteiger charge is -2.14. The lowest BCUT2D eigenvalue weighted by atomic mass is 10.1. The molecule has 18 heavy (non-hydrogen) atoms. The minimum absolute atomic E-state index is 0.417. The van der Waals surface area contributed by atoms with E-state index in [-0.39, 0.29) is 0 Å². The van der Waals surface area contributed by atoms with Crippen molar-refractivity contribution in [3.8, 4) is 0 Å². The molecule has 1 aliphatic rings. The first-order chi connectivity index (χ1) is 8.63. The van der Waals surface area contributed by atoms with Crippen molar-refractivity contribution >= 4 is 12.0 Å². The molecule has 1 rings (SSSR count). The molecule has 104 valence electrons. The maximum absolute atomic E-state index is 11.5. The van der Waals surface area contributed by atoms with Crippen LogP contribution in [-0.4, -0.2) is 42.9 Å². The molecule has 0 aromatic carbocycles. The van der Waals surface area contributed by atoms with Crippen LogP contribution in [0.2, 0.25) is 0 Å².